The Labute approximate surface area is 121 Å². The number of hydrogen-bond acceptors (Lipinski definition) is 2. The topological polar surface area (TPSA) is 15.3 Å². The average Bonchev–Trinajstić information content (AvgIpc) is 2.35. The molecule has 0 saturated carbocycles. The summed E-state index contributed by atoms with van der Waals surface area (Å²) in [5.41, 5.74) is 1.02. The molecule has 0 bridgehead atoms. The molecule has 0 radical (unpaired) electrons. The molecule has 1 saturated heterocycles. The van der Waals surface area contributed by atoms with Crippen LogP contribution in [0.3, 0.4) is 0 Å². The van der Waals surface area contributed by atoms with Gasteiger partial charge in [-0.05, 0) is 53.6 Å². The molecule has 0 unspecified atom stereocenters. The molecule has 1 N–H and O–H groups in total. The van der Waals surface area contributed by atoms with Crippen molar-refractivity contribution in [2.24, 2.45) is 0 Å². The van der Waals surface area contributed by atoms with E-state index in [2.05, 4.69) is 38.7 Å². The molecule has 18 heavy (non-hydrogen) atoms. The number of anilines is 1. The summed E-state index contributed by atoms with van der Waals surface area (Å²) in [6.07, 6.45) is 7.46. The van der Waals surface area contributed by atoms with Gasteiger partial charge in [0.25, 0.3) is 0 Å². The maximum Gasteiger partial charge on any atom is 0.124 e. The van der Waals surface area contributed by atoms with Crippen LogP contribution in [-0.2, 0) is 0 Å². The zero-order valence-electron chi connectivity index (χ0n) is 10.1. The predicted molar refractivity (Wildman–Crippen MR) is 81.0 cm³/mol. The minimum Gasteiger partial charge on any atom is -0.381 e. The smallest absolute Gasteiger partial charge is 0.124 e. The Morgan fingerprint density at radius 2 is 2.17 bits per heavy atom. The largest absolute Gasteiger partial charge is 0.381 e. The normalized spacial score (nSPS) is 17.4. The lowest BCUT2D eigenvalue weighted by atomic mass is 10.0. The van der Waals surface area contributed by atoms with Crippen LogP contribution in [0, 0.1) is 21.7 Å². The third-order valence-corrected chi connectivity index (χ3v) is 4.09. The maximum atomic E-state index is 13.0. The van der Waals surface area contributed by atoms with Gasteiger partial charge in [-0.1, -0.05) is 5.92 Å². The molecule has 1 heterocycles. The molecule has 1 aromatic rings. The van der Waals surface area contributed by atoms with Crippen LogP contribution in [-0.4, -0.2) is 30.6 Å². The third-order valence-electron chi connectivity index (χ3n) is 3.19. The monoisotopic (exact) mass is 358 g/mol. The summed E-state index contributed by atoms with van der Waals surface area (Å²) in [6, 6.07) is 5.32. The van der Waals surface area contributed by atoms with E-state index in [1.165, 1.54) is 6.07 Å². The van der Waals surface area contributed by atoms with Crippen molar-refractivity contribution < 1.29 is 4.39 Å². The van der Waals surface area contributed by atoms with Crippen LogP contribution in [0.4, 0.5) is 10.1 Å². The number of likely N-dealkylation sites (tertiary alicyclic amines) is 1. The van der Waals surface area contributed by atoms with Crippen LogP contribution in [0.1, 0.15) is 12.8 Å². The van der Waals surface area contributed by atoms with E-state index in [-0.39, 0.29) is 5.82 Å². The van der Waals surface area contributed by atoms with Crippen molar-refractivity contribution in [1.29, 1.82) is 0 Å². The predicted octanol–water partition coefficient (Wildman–Crippen LogP) is 2.94. The van der Waals surface area contributed by atoms with Gasteiger partial charge in [-0.15, -0.1) is 6.42 Å². The summed E-state index contributed by atoms with van der Waals surface area (Å²) in [5, 5.41) is 3.49. The summed E-state index contributed by atoms with van der Waals surface area (Å²) >= 11 is 2.16. The van der Waals surface area contributed by atoms with Gasteiger partial charge in [-0.2, -0.15) is 0 Å². The van der Waals surface area contributed by atoms with Gasteiger partial charge < -0.3 is 5.32 Å². The lowest BCUT2D eigenvalue weighted by molar-refractivity contribution is 0.243. The van der Waals surface area contributed by atoms with Crippen molar-refractivity contribution >= 4 is 28.3 Å². The number of terminal acetylenes is 1. The van der Waals surface area contributed by atoms with Crippen molar-refractivity contribution in [2.45, 2.75) is 18.9 Å². The molecule has 1 aromatic carbocycles. The van der Waals surface area contributed by atoms with Gasteiger partial charge in [-0.3, -0.25) is 4.90 Å². The first-order valence-electron chi connectivity index (χ1n) is 6.06. The molecule has 2 rings (SSSR count). The number of benzene rings is 1. The van der Waals surface area contributed by atoms with Gasteiger partial charge in [0.1, 0.15) is 5.82 Å². The molecule has 1 aliphatic heterocycles. The first-order chi connectivity index (χ1) is 8.69. The molecule has 0 atom stereocenters. The summed E-state index contributed by atoms with van der Waals surface area (Å²) in [7, 11) is 0. The Balaban J connectivity index is 1.90. The standard InChI is InChI=1S/C14H16FIN2/c1-2-7-18-8-5-12(6-9-18)17-14-4-3-11(15)10-13(14)16/h1,3-4,10,12,17H,5-9H2. The SMILES string of the molecule is C#CCN1CCC(Nc2ccc(F)cc2I)CC1. The van der Waals surface area contributed by atoms with Gasteiger partial charge in [0, 0.05) is 28.4 Å². The highest BCUT2D eigenvalue weighted by Gasteiger charge is 2.18. The van der Waals surface area contributed by atoms with E-state index in [0.29, 0.717) is 6.04 Å². The summed E-state index contributed by atoms with van der Waals surface area (Å²) in [6.45, 7) is 2.79. The summed E-state index contributed by atoms with van der Waals surface area (Å²) in [4.78, 5) is 2.29. The number of nitrogens with zero attached hydrogens (tertiary/aromatic N) is 1. The Hall–Kier alpha value is -0.800. The van der Waals surface area contributed by atoms with E-state index in [1.54, 1.807) is 6.07 Å². The van der Waals surface area contributed by atoms with Crippen LogP contribution in [0.2, 0.25) is 0 Å². The molecule has 1 aliphatic rings. The number of piperidine rings is 1. The van der Waals surface area contributed by atoms with Gasteiger partial charge >= 0.3 is 0 Å². The van der Waals surface area contributed by atoms with E-state index in [9.17, 15) is 4.39 Å². The number of hydrogen-bond donors (Lipinski definition) is 1. The quantitative estimate of drug-likeness (QED) is 0.660. The molecule has 1 fully saturated rings. The van der Waals surface area contributed by atoms with Crippen LogP contribution in [0.5, 0.6) is 0 Å². The Kier molecular flexibility index (Phi) is 4.84. The first kappa shape index (κ1) is 13.6. The van der Waals surface area contributed by atoms with E-state index >= 15 is 0 Å². The molecular formula is C14H16FIN2. The molecular weight excluding hydrogens is 342 g/mol. The van der Waals surface area contributed by atoms with Crippen LogP contribution in [0.15, 0.2) is 18.2 Å². The Bertz CT molecular complexity index is 448. The van der Waals surface area contributed by atoms with Crippen LogP contribution >= 0.6 is 22.6 Å². The molecule has 0 aromatic heterocycles. The lowest BCUT2D eigenvalue weighted by Gasteiger charge is -2.31. The summed E-state index contributed by atoms with van der Waals surface area (Å²) < 4.78 is 13.9. The van der Waals surface area contributed by atoms with Gasteiger partial charge in [0.05, 0.1) is 6.54 Å². The Morgan fingerprint density at radius 1 is 1.44 bits per heavy atom. The van der Waals surface area contributed by atoms with E-state index < -0.39 is 0 Å². The fraction of sp³-hybridized carbons (Fsp3) is 0.429. The molecule has 0 aliphatic carbocycles. The fourth-order valence-corrected chi connectivity index (χ4v) is 2.82. The number of rotatable bonds is 3. The first-order valence-corrected chi connectivity index (χ1v) is 7.14. The molecule has 0 amide bonds. The van der Waals surface area contributed by atoms with E-state index in [4.69, 9.17) is 6.42 Å². The van der Waals surface area contributed by atoms with Crippen LogP contribution < -0.4 is 5.32 Å². The van der Waals surface area contributed by atoms with Crippen molar-refractivity contribution in [2.75, 3.05) is 25.0 Å². The minimum absolute atomic E-state index is 0.186. The highest BCUT2D eigenvalue weighted by molar-refractivity contribution is 14.1. The molecule has 2 nitrogen and oxygen atoms in total. The van der Waals surface area contributed by atoms with Crippen molar-refractivity contribution in [3.8, 4) is 12.3 Å². The highest BCUT2D eigenvalue weighted by atomic mass is 127. The number of nitrogens with one attached hydrogen (secondary N) is 1. The third kappa shape index (κ3) is 3.59. The average molecular weight is 358 g/mol. The lowest BCUT2D eigenvalue weighted by Crippen LogP contribution is -2.39. The zero-order chi connectivity index (χ0) is 13.0. The van der Waals surface area contributed by atoms with Gasteiger partial charge in [-0.25, -0.2) is 4.39 Å². The number of halogens is 2. The fourth-order valence-electron chi connectivity index (χ4n) is 2.19. The molecule has 4 heteroatoms. The van der Waals surface area contributed by atoms with Gasteiger partial charge in [0.2, 0.25) is 0 Å². The van der Waals surface area contributed by atoms with Crippen LogP contribution in [0.25, 0.3) is 0 Å². The maximum absolute atomic E-state index is 13.0. The highest BCUT2D eigenvalue weighted by Crippen LogP contribution is 2.22. The molecule has 0 spiro atoms. The second-order valence-electron chi connectivity index (χ2n) is 4.52. The van der Waals surface area contributed by atoms with Crippen molar-refractivity contribution in [1.82, 2.24) is 4.90 Å². The zero-order valence-corrected chi connectivity index (χ0v) is 12.3. The second-order valence-corrected chi connectivity index (χ2v) is 5.69. The van der Waals surface area contributed by atoms with Gasteiger partial charge in [0.15, 0.2) is 0 Å². The molecule has 96 valence electrons. The Morgan fingerprint density at radius 3 is 2.78 bits per heavy atom. The second kappa shape index (κ2) is 6.39. The van der Waals surface area contributed by atoms with E-state index in [1.807, 2.05) is 6.07 Å². The van der Waals surface area contributed by atoms with E-state index in [0.717, 1.165) is 41.7 Å². The minimum atomic E-state index is -0.186. The van der Waals surface area contributed by atoms with Crippen molar-refractivity contribution in [3.05, 3.63) is 27.6 Å². The van der Waals surface area contributed by atoms with Crippen molar-refractivity contribution in [3.63, 3.8) is 0 Å². The summed E-state index contributed by atoms with van der Waals surface area (Å²) in [5.74, 6) is 2.49.